The molecule has 0 radical (unpaired) electrons. The molecule has 3 aromatic rings. The zero-order valence-electron chi connectivity index (χ0n) is 23.9. The maximum Gasteiger partial charge on any atom is 0.264 e. The summed E-state index contributed by atoms with van der Waals surface area (Å²) in [5, 5.41) is 2.94. The summed E-state index contributed by atoms with van der Waals surface area (Å²) in [6, 6.07) is 20.4. The molecule has 0 fully saturated rings. The van der Waals surface area contributed by atoms with Crippen molar-refractivity contribution in [1.29, 1.82) is 0 Å². The highest BCUT2D eigenvalue weighted by molar-refractivity contribution is 7.92. The fourth-order valence-electron chi connectivity index (χ4n) is 4.27. The lowest BCUT2D eigenvalue weighted by molar-refractivity contribution is -0.140. The van der Waals surface area contributed by atoms with Crippen LogP contribution in [0.4, 0.5) is 5.69 Å². The van der Waals surface area contributed by atoms with Crippen LogP contribution in [0.25, 0.3) is 0 Å². The van der Waals surface area contributed by atoms with Crippen LogP contribution < -0.4 is 9.62 Å². The number of sulfonamides is 1. The summed E-state index contributed by atoms with van der Waals surface area (Å²) in [7, 11) is -4.09. The molecular formula is C31H39N3O4S. The molecule has 3 aromatic carbocycles. The first-order valence-corrected chi connectivity index (χ1v) is 14.4. The molecule has 0 bridgehead atoms. The van der Waals surface area contributed by atoms with Crippen LogP contribution in [0.1, 0.15) is 49.9 Å². The molecule has 1 unspecified atom stereocenters. The van der Waals surface area contributed by atoms with Crippen LogP contribution in [0.3, 0.4) is 0 Å². The van der Waals surface area contributed by atoms with Crippen molar-refractivity contribution < 1.29 is 18.0 Å². The molecule has 208 valence electrons. The van der Waals surface area contributed by atoms with Crippen LogP contribution >= 0.6 is 0 Å². The molecule has 0 aliphatic carbocycles. The van der Waals surface area contributed by atoms with Crippen molar-refractivity contribution in [3.05, 3.63) is 95.1 Å². The summed E-state index contributed by atoms with van der Waals surface area (Å²) in [5.74, 6) is -0.793. The number of hydrogen-bond acceptors (Lipinski definition) is 4. The van der Waals surface area contributed by atoms with E-state index in [1.54, 1.807) is 31.2 Å². The summed E-state index contributed by atoms with van der Waals surface area (Å²) in [4.78, 5) is 28.7. The molecule has 7 nitrogen and oxygen atoms in total. The van der Waals surface area contributed by atoms with Gasteiger partial charge in [-0.3, -0.25) is 13.9 Å². The molecule has 1 N–H and O–H groups in total. The highest BCUT2D eigenvalue weighted by Gasteiger charge is 2.33. The van der Waals surface area contributed by atoms with Crippen molar-refractivity contribution in [1.82, 2.24) is 10.2 Å². The van der Waals surface area contributed by atoms with E-state index in [-0.39, 0.29) is 17.3 Å². The van der Waals surface area contributed by atoms with Crippen molar-refractivity contribution in [3.8, 4) is 0 Å². The average molecular weight is 550 g/mol. The number of nitrogens with zero attached hydrogens (tertiary/aromatic N) is 2. The van der Waals surface area contributed by atoms with Gasteiger partial charge in [0.05, 0.1) is 10.6 Å². The summed E-state index contributed by atoms with van der Waals surface area (Å²) >= 11 is 0. The highest BCUT2D eigenvalue weighted by Crippen LogP contribution is 2.28. The number of rotatable bonds is 9. The van der Waals surface area contributed by atoms with E-state index >= 15 is 0 Å². The van der Waals surface area contributed by atoms with Gasteiger partial charge in [0.1, 0.15) is 12.6 Å². The molecule has 0 saturated carbocycles. The Morgan fingerprint density at radius 1 is 0.872 bits per heavy atom. The normalized spacial score (nSPS) is 12.5. The minimum absolute atomic E-state index is 0.0846. The standard InChI is InChI=1S/C31H39N3O4S/c1-22-13-16-26(17-14-22)20-33(25(4)30(36)32-31(5,6)7)29(35)21-34(28-18-15-23(2)19-24(28)3)39(37,38)27-11-9-8-10-12-27/h8-19,25H,20-21H2,1-7H3,(H,32,36). The Kier molecular flexibility index (Phi) is 9.22. The van der Waals surface area contributed by atoms with Gasteiger partial charge in [-0.1, -0.05) is 65.7 Å². The second-order valence-electron chi connectivity index (χ2n) is 11.0. The first kappa shape index (κ1) is 29.9. The second-order valence-corrected chi connectivity index (χ2v) is 12.9. The number of amides is 2. The molecule has 39 heavy (non-hydrogen) atoms. The van der Waals surface area contributed by atoms with E-state index in [0.29, 0.717) is 5.69 Å². The van der Waals surface area contributed by atoms with Gasteiger partial charge in [0, 0.05) is 12.1 Å². The van der Waals surface area contributed by atoms with E-state index in [0.717, 1.165) is 26.6 Å². The summed E-state index contributed by atoms with van der Waals surface area (Å²) in [6.45, 7) is 12.7. The van der Waals surface area contributed by atoms with Crippen molar-refractivity contribution in [2.24, 2.45) is 0 Å². The molecule has 0 aliphatic rings. The minimum atomic E-state index is -4.09. The van der Waals surface area contributed by atoms with Crippen LogP contribution in [0.15, 0.2) is 77.7 Å². The lowest BCUT2D eigenvalue weighted by atomic mass is 10.1. The van der Waals surface area contributed by atoms with Crippen molar-refractivity contribution >= 4 is 27.5 Å². The molecule has 1 atom stereocenters. The first-order valence-electron chi connectivity index (χ1n) is 13.0. The van der Waals surface area contributed by atoms with E-state index < -0.39 is 34.1 Å². The van der Waals surface area contributed by atoms with Gasteiger partial charge in [-0.2, -0.15) is 0 Å². The van der Waals surface area contributed by atoms with Gasteiger partial charge in [0.15, 0.2) is 0 Å². The van der Waals surface area contributed by atoms with E-state index in [1.165, 1.54) is 17.0 Å². The molecular weight excluding hydrogens is 510 g/mol. The third-order valence-corrected chi connectivity index (χ3v) is 8.14. The average Bonchev–Trinajstić information content (AvgIpc) is 2.86. The first-order chi connectivity index (χ1) is 18.2. The Morgan fingerprint density at radius 3 is 2.03 bits per heavy atom. The Hall–Kier alpha value is -3.65. The molecule has 2 amide bonds. The molecule has 0 aromatic heterocycles. The van der Waals surface area contributed by atoms with E-state index in [2.05, 4.69) is 5.32 Å². The van der Waals surface area contributed by atoms with Gasteiger partial charge < -0.3 is 10.2 Å². The number of hydrogen-bond donors (Lipinski definition) is 1. The van der Waals surface area contributed by atoms with Crippen LogP contribution in [0.2, 0.25) is 0 Å². The predicted octanol–water partition coefficient (Wildman–Crippen LogP) is 5.14. The number of nitrogens with one attached hydrogen (secondary N) is 1. The number of carbonyl (C=O) groups is 2. The largest absolute Gasteiger partial charge is 0.350 e. The highest BCUT2D eigenvalue weighted by atomic mass is 32.2. The zero-order valence-corrected chi connectivity index (χ0v) is 24.7. The van der Waals surface area contributed by atoms with Gasteiger partial charge in [-0.25, -0.2) is 8.42 Å². The van der Waals surface area contributed by atoms with Crippen LogP contribution in [-0.2, 0) is 26.2 Å². The van der Waals surface area contributed by atoms with Gasteiger partial charge in [0.2, 0.25) is 11.8 Å². The van der Waals surface area contributed by atoms with Crippen molar-refractivity contribution in [3.63, 3.8) is 0 Å². The Morgan fingerprint density at radius 2 is 1.46 bits per heavy atom. The summed E-state index contributed by atoms with van der Waals surface area (Å²) in [6.07, 6.45) is 0. The fourth-order valence-corrected chi connectivity index (χ4v) is 5.76. The maximum atomic E-state index is 14.0. The maximum absolute atomic E-state index is 14.0. The molecule has 0 spiro atoms. The topological polar surface area (TPSA) is 86.8 Å². The second kappa shape index (κ2) is 12.0. The SMILES string of the molecule is Cc1ccc(CN(C(=O)CN(c2ccc(C)cc2C)S(=O)(=O)c2ccccc2)C(C)C(=O)NC(C)(C)C)cc1. The molecule has 0 saturated heterocycles. The molecule has 8 heteroatoms. The quantitative estimate of drug-likeness (QED) is 0.401. The fraction of sp³-hybridized carbons (Fsp3) is 0.355. The minimum Gasteiger partial charge on any atom is -0.350 e. The Bertz CT molecular complexity index is 1410. The lowest BCUT2D eigenvalue weighted by Gasteiger charge is -2.34. The number of anilines is 1. The Balaban J connectivity index is 2.05. The third-order valence-electron chi connectivity index (χ3n) is 6.37. The lowest BCUT2D eigenvalue weighted by Crippen LogP contribution is -2.54. The zero-order chi connectivity index (χ0) is 29.0. The van der Waals surface area contributed by atoms with Gasteiger partial charge >= 0.3 is 0 Å². The van der Waals surface area contributed by atoms with E-state index in [9.17, 15) is 18.0 Å². The van der Waals surface area contributed by atoms with Gasteiger partial charge in [-0.15, -0.1) is 0 Å². The van der Waals surface area contributed by atoms with Crippen molar-refractivity contribution in [2.45, 2.75) is 71.5 Å². The summed E-state index contributed by atoms with van der Waals surface area (Å²) in [5.41, 5.74) is 3.54. The van der Waals surface area contributed by atoms with Crippen molar-refractivity contribution in [2.75, 3.05) is 10.8 Å². The van der Waals surface area contributed by atoms with E-state index in [4.69, 9.17) is 0 Å². The molecule has 0 aliphatic heterocycles. The van der Waals surface area contributed by atoms with E-state index in [1.807, 2.05) is 77.9 Å². The van der Waals surface area contributed by atoms with Gasteiger partial charge in [0.25, 0.3) is 10.0 Å². The van der Waals surface area contributed by atoms with Crippen LogP contribution in [0.5, 0.6) is 0 Å². The number of aryl methyl sites for hydroxylation is 3. The Labute approximate surface area is 232 Å². The number of benzene rings is 3. The molecule has 0 heterocycles. The van der Waals surface area contributed by atoms with Crippen LogP contribution in [0, 0.1) is 20.8 Å². The van der Waals surface area contributed by atoms with Gasteiger partial charge in [-0.05, 0) is 77.8 Å². The monoisotopic (exact) mass is 549 g/mol. The smallest absolute Gasteiger partial charge is 0.264 e. The predicted molar refractivity (Wildman–Crippen MR) is 156 cm³/mol. The molecule has 3 rings (SSSR count). The number of carbonyl (C=O) groups excluding carboxylic acids is 2. The van der Waals surface area contributed by atoms with Crippen LogP contribution in [-0.4, -0.2) is 43.3 Å². The summed E-state index contributed by atoms with van der Waals surface area (Å²) < 4.78 is 28.9. The third kappa shape index (κ3) is 7.69.